The summed E-state index contributed by atoms with van der Waals surface area (Å²) >= 11 is 0. The molecule has 1 atom stereocenters. The van der Waals surface area contributed by atoms with Gasteiger partial charge < -0.3 is 19.3 Å². The number of hydrogen-bond acceptors (Lipinski definition) is 8. The van der Waals surface area contributed by atoms with Crippen molar-refractivity contribution in [2.75, 3.05) is 6.61 Å². The molecule has 0 aliphatic rings. The first-order valence-corrected chi connectivity index (χ1v) is 7.43. The van der Waals surface area contributed by atoms with Crippen molar-refractivity contribution in [1.82, 2.24) is 4.98 Å². The normalized spacial score (nSPS) is 12.0. The van der Waals surface area contributed by atoms with E-state index in [0.29, 0.717) is 0 Å². The van der Waals surface area contributed by atoms with Crippen molar-refractivity contribution in [3.63, 3.8) is 0 Å². The summed E-state index contributed by atoms with van der Waals surface area (Å²) in [5.41, 5.74) is 0.0416. The fraction of sp³-hybridized carbons (Fsp3) is 0.467. The highest BCUT2D eigenvalue weighted by atomic mass is 16.6. The van der Waals surface area contributed by atoms with Gasteiger partial charge in [0, 0.05) is 6.42 Å². The number of esters is 1. The van der Waals surface area contributed by atoms with Crippen LogP contribution in [0.15, 0.2) is 28.6 Å². The lowest BCUT2D eigenvalue weighted by atomic mass is 10.3. The highest BCUT2D eigenvalue weighted by Crippen LogP contribution is 2.08. The Morgan fingerprint density at radius 2 is 1.76 bits per heavy atom. The molecular formula is C15H19N3O7. The standard InChI is InChI=1S/C15H19N3O7/c1-9(2)24-14(21)17-18-15(22)25-10(3)6-7-23-13(20)12-5-4-11(19)8-16-12/h4-5,8-10,19H,6-7H2,1-3H3. The van der Waals surface area contributed by atoms with Gasteiger partial charge in [-0.05, 0) is 32.9 Å². The first kappa shape index (κ1) is 20.0. The second-order valence-corrected chi connectivity index (χ2v) is 5.15. The summed E-state index contributed by atoms with van der Waals surface area (Å²) in [5, 5.41) is 15.2. The molecule has 10 nitrogen and oxygen atoms in total. The maximum absolute atomic E-state index is 11.7. The third kappa shape index (κ3) is 8.39. The van der Waals surface area contributed by atoms with Gasteiger partial charge in [-0.15, -0.1) is 0 Å². The van der Waals surface area contributed by atoms with Crippen LogP contribution in [0.25, 0.3) is 0 Å². The summed E-state index contributed by atoms with van der Waals surface area (Å²) in [6.07, 6.45) is -1.71. The molecule has 1 rings (SSSR count). The lowest BCUT2D eigenvalue weighted by Crippen LogP contribution is -2.17. The Hall–Kier alpha value is -3.04. The minimum atomic E-state index is -1.06. The van der Waals surface area contributed by atoms with E-state index in [-0.39, 0.29) is 30.6 Å². The van der Waals surface area contributed by atoms with Gasteiger partial charge in [0.2, 0.25) is 0 Å². The third-order valence-electron chi connectivity index (χ3n) is 2.57. The van der Waals surface area contributed by atoms with Crippen molar-refractivity contribution in [2.45, 2.75) is 39.4 Å². The maximum atomic E-state index is 11.7. The molecule has 1 aromatic rings. The number of pyridine rings is 1. The van der Waals surface area contributed by atoms with Gasteiger partial charge in [0.15, 0.2) is 0 Å². The molecule has 0 aliphatic carbocycles. The monoisotopic (exact) mass is 353 g/mol. The molecule has 2 amide bonds. The zero-order valence-corrected chi connectivity index (χ0v) is 14.0. The van der Waals surface area contributed by atoms with Crippen LogP contribution in [0.4, 0.5) is 9.59 Å². The number of carbonyl (C=O) groups is 3. The van der Waals surface area contributed by atoms with E-state index in [1.165, 1.54) is 12.1 Å². The summed E-state index contributed by atoms with van der Waals surface area (Å²) in [7, 11) is 0. The highest BCUT2D eigenvalue weighted by Gasteiger charge is 2.13. The van der Waals surface area contributed by atoms with Gasteiger partial charge >= 0.3 is 18.2 Å². The lowest BCUT2D eigenvalue weighted by Gasteiger charge is -2.11. The average molecular weight is 353 g/mol. The molecule has 0 spiro atoms. The number of rotatable bonds is 6. The quantitative estimate of drug-likeness (QED) is 0.468. The molecule has 1 aromatic heterocycles. The summed E-state index contributed by atoms with van der Waals surface area (Å²) in [4.78, 5) is 37.8. The van der Waals surface area contributed by atoms with E-state index in [4.69, 9.17) is 14.6 Å². The van der Waals surface area contributed by atoms with Crippen molar-refractivity contribution >= 4 is 18.2 Å². The second-order valence-electron chi connectivity index (χ2n) is 5.15. The predicted octanol–water partition coefficient (Wildman–Crippen LogP) is 2.86. The van der Waals surface area contributed by atoms with Gasteiger partial charge in [0.25, 0.3) is 0 Å². The molecule has 0 aromatic carbocycles. The maximum Gasteiger partial charge on any atom is 0.452 e. The smallest absolute Gasteiger partial charge is 0.452 e. The summed E-state index contributed by atoms with van der Waals surface area (Å²) in [6.45, 7) is 4.79. The van der Waals surface area contributed by atoms with Crippen LogP contribution in [0.5, 0.6) is 5.75 Å². The number of aromatic hydroxyl groups is 1. The van der Waals surface area contributed by atoms with Gasteiger partial charge in [-0.1, -0.05) is 10.2 Å². The van der Waals surface area contributed by atoms with E-state index >= 15 is 0 Å². The van der Waals surface area contributed by atoms with Crippen LogP contribution >= 0.6 is 0 Å². The second kappa shape index (κ2) is 9.96. The number of nitrogens with zero attached hydrogens (tertiary/aromatic N) is 3. The van der Waals surface area contributed by atoms with Gasteiger partial charge in [0.05, 0.1) is 18.9 Å². The van der Waals surface area contributed by atoms with Crippen molar-refractivity contribution in [3.05, 3.63) is 24.0 Å². The van der Waals surface area contributed by atoms with Crippen LogP contribution < -0.4 is 0 Å². The van der Waals surface area contributed by atoms with Crippen molar-refractivity contribution in [1.29, 1.82) is 0 Å². The minimum absolute atomic E-state index is 0.0254. The SMILES string of the molecule is CC(C)OC(=O)N=NC(=O)OC(C)CCOC(=O)c1ccc(O)cn1. The molecule has 0 aliphatic heterocycles. The van der Waals surface area contributed by atoms with Crippen molar-refractivity contribution < 1.29 is 33.7 Å². The topological polar surface area (TPSA) is 137 Å². The van der Waals surface area contributed by atoms with Crippen LogP contribution in [0, 0.1) is 0 Å². The molecule has 0 fully saturated rings. The van der Waals surface area contributed by atoms with Crippen LogP contribution in [-0.2, 0) is 14.2 Å². The molecule has 0 saturated carbocycles. The number of amides is 2. The Morgan fingerprint density at radius 1 is 1.12 bits per heavy atom. The van der Waals surface area contributed by atoms with Gasteiger partial charge in [-0.3, -0.25) is 0 Å². The number of aromatic nitrogens is 1. The Morgan fingerprint density at radius 3 is 2.32 bits per heavy atom. The fourth-order valence-corrected chi connectivity index (χ4v) is 1.46. The number of hydrogen-bond donors (Lipinski definition) is 1. The first-order chi connectivity index (χ1) is 11.8. The van der Waals surface area contributed by atoms with Crippen LogP contribution in [0.3, 0.4) is 0 Å². The summed E-state index contributed by atoms with van der Waals surface area (Å²) < 4.78 is 14.5. The summed E-state index contributed by atoms with van der Waals surface area (Å²) in [5.74, 6) is -0.738. The fourth-order valence-electron chi connectivity index (χ4n) is 1.46. The van der Waals surface area contributed by atoms with Gasteiger partial charge in [-0.2, -0.15) is 0 Å². The third-order valence-corrected chi connectivity index (χ3v) is 2.57. The van der Waals surface area contributed by atoms with E-state index in [1.54, 1.807) is 20.8 Å². The molecule has 0 saturated heterocycles. The van der Waals surface area contributed by atoms with E-state index in [1.807, 2.05) is 0 Å². The predicted molar refractivity (Wildman–Crippen MR) is 83.2 cm³/mol. The molecule has 0 radical (unpaired) electrons. The number of ether oxygens (including phenoxy) is 3. The molecule has 1 unspecified atom stereocenters. The van der Waals surface area contributed by atoms with Crippen LogP contribution in [-0.4, -0.2) is 47.1 Å². The molecule has 10 heteroatoms. The first-order valence-electron chi connectivity index (χ1n) is 7.43. The molecule has 1 heterocycles. The zero-order chi connectivity index (χ0) is 18.8. The average Bonchev–Trinajstić information content (AvgIpc) is 2.52. The summed E-state index contributed by atoms with van der Waals surface area (Å²) in [6, 6.07) is 2.63. The van der Waals surface area contributed by atoms with Crippen molar-refractivity contribution in [3.8, 4) is 5.75 Å². The van der Waals surface area contributed by atoms with E-state index in [2.05, 4.69) is 19.9 Å². The van der Waals surface area contributed by atoms with E-state index in [0.717, 1.165) is 6.20 Å². The Balaban J connectivity index is 2.30. The molecule has 136 valence electrons. The van der Waals surface area contributed by atoms with Crippen molar-refractivity contribution in [2.24, 2.45) is 10.2 Å². The van der Waals surface area contributed by atoms with E-state index in [9.17, 15) is 14.4 Å². The Bertz CT molecular complexity index is 629. The Kier molecular flexibility index (Phi) is 7.97. The molecule has 0 bridgehead atoms. The van der Waals surface area contributed by atoms with E-state index < -0.39 is 24.3 Å². The minimum Gasteiger partial charge on any atom is -0.506 e. The molecule has 1 N–H and O–H groups in total. The largest absolute Gasteiger partial charge is 0.506 e. The zero-order valence-electron chi connectivity index (χ0n) is 14.0. The molecular weight excluding hydrogens is 334 g/mol. The van der Waals surface area contributed by atoms with Crippen LogP contribution in [0.2, 0.25) is 0 Å². The number of azo groups is 1. The lowest BCUT2D eigenvalue weighted by molar-refractivity contribution is 0.0415. The van der Waals surface area contributed by atoms with Gasteiger partial charge in [-0.25, -0.2) is 19.4 Å². The highest BCUT2D eigenvalue weighted by molar-refractivity contribution is 5.87. The Labute approximate surface area is 143 Å². The van der Waals surface area contributed by atoms with Gasteiger partial charge in [0.1, 0.15) is 17.5 Å². The molecule has 25 heavy (non-hydrogen) atoms. The number of carbonyl (C=O) groups excluding carboxylic acids is 3. The van der Waals surface area contributed by atoms with Crippen LogP contribution in [0.1, 0.15) is 37.7 Å².